The zero-order valence-corrected chi connectivity index (χ0v) is 13.8. The average Bonchev–Trinajstić information content (AvgIpc) is 2.48. The third-order valence-electron chi connectivity index (χ3n) is 4.60. The van der Waals surface area contributed by atoms with Crippen molar-refractivity contribution in [1.29, 1.82) is 0 Å². The van der Waals surface area contributed by atoms with E-state index in [9.17, 15) is 4.79 Å². The predicted octanol–water partition coefficient (Wildman–Crippen LogP) is 3.04. The largest absolute Gasteiger partial charge is 0.342 e. The van der Waals surface area contributed by atoms with Crippen LogP contribution in [0, 0.1) is 19.8 Å². The zero-order valence-electron chi connectivity index (χ0n) is 13.8. The van der Waals surface area contributed by atoms with Crippen molar-refractivity contribution in [3.05, 3.63) is 34.9 Å². The Morgan fingerprint density at radius 1 is 1.29 bits per heavy atom. The van der Waals surface area contributed by atoms with E-state index in [0.29, 0.717) is 11.9 Å². The van der Waals surface area contributed by atoms with E-state index in [1.165, 1.54) is 16.7 Å². The van der Waals surface area contributed by atoms with Crippen molar-refractivity contribution in [2.75, 3.05) is 13.1 Å². The first-order valence-electron chi connectivity index (χ1n) is 8.06. The fourth-order valence-corrected chi connectivity index (χ4v) is 2.93. The van der Waals surface area contributed by atoms with Crippen molar-refractivity contribution in [3.63, 3.8) is 0 Å². The summed E-state index contributed by atoms with van der Waals surface area (Å²) >= 11 is 0. The van der Waals surface area contributed by atoms with Gasteiger partial charge >= 0.3 is 0 Å². The Morgan fingerprint density at radius 3 is 2.57 bits per heavy atom. The van der Waals surface area contributed by atoms with Crippen LogP contribution in [0.1, 0.15) is 43.4 Å². The van der Waals surface area contributed by atoms with Crippen molar-refractivity contribution in [1.82, 2.24) is 10.2 Å². The summed E-state index contributed by atoms with van der Waals surface area (Å²) in [7, 11) is 0. The van der Waals surface area contributed by atoms with Gasteiger partial charge in [-0.3, -0.25) is 4.79 Å². The molecule has 1 N–H and O–H groups in total. The Morgan fingerprint density at radius 2 is 1.95 bits per heavy atom. The van der Waals surface area contributed by atoms with E-state index in [2.05, 4.69) is 37.4 Å². The molecule has 0 atom stereocenters. The Bertz CT molecular complexity index is 488. The number of carbonyl (C=O) groups excluding carboxylic acids is 1. The zero-order chi connectivity index (χ0) is 15.4. The Kier molecular flexibility index (Phi) is 5.40. The van der Waals surface area contributed by atoms with E-state index in [1.807, 2.05) is 18.7 Å². The highest BCUT2D eigenvalue weighted by molar-refractivity contribution is 5.78. The third-order valence-corrected chi connectivity index (χ3v) is 4.60. The van der Waals surface area contributed by atoms with Crippen molar-refractivity contribution < 1.29 is 4.79 Å². The number of piperidine rings is 1. The summed E-state index contributed by atoms with van der Waals surface area (Å²) in [5.41, 5.74) is 4.12. The van der Waals surface area contributed by atoms with Crippen LogP contribution in [0.5, 0.6) is 0 Å². The van der Waals surface area contributed by atoms with Crippen LogP contribution in [-0.4, -0.2) is 29.9 Å². The highest BCUT2D eigenvalue weighted by Gasteiger charge is 2.23. The molecule has 3 heteroatoms. The molecule has 3 nitrogen and oxygen atoms in total. The first-order chi connectivity index (χ1) is 9.99. The molecule has 0 saturated carbocycles. The summed E-state index contributed by atoms with van der Waals surface area (Å²) in [5, 5.41) is 3.66. The van der Waals surface area contributed by atoms with Crippen molar-refractivity contribution in [2.24, 2.45) is 5.92 Å². The summed E-state index contributed by atoms with van der Waals surface area (Å²) < 4.78 is 0. The second kappa shape index (κ2) is 7.08. The highest BCUT2D eigenvalue weighted by Crippen LogP contribution is 2.16. The smallest absolute Gasteiger partial charge is 0.225 e. The van der Waals surface area contributed by atoms with Gasteiger partial charge in [-0.05, 0) is 43.4 Å². The van der Waals surface area contributed by atoms with Gasteiger partial charge in [0.1, 0.15) is 0 Å². The van der Waals surface area contributed by atoms with Crippen LogP contribution in [0.2, 0.25) is 0 Å². The van der Waals surface area contributed by atoms with Gasteiger partial charge in [-0.2, -0.15) is 0 Å². The lowest BCUT2D eigenvalue weighted by atomic mass is 10.0. The number of amides is 1. The van der Waals surface area contributed by atoms with Crippen LogP contribution in [0.25, 0.3) is 0 Å². The van der Waals surface area contributed by atoms with Gasteiger partial charge in [-0.25, -0.2) is 0 Å². The topological polar surface area (TPSA) is 32.3 Å². The van der Waals surface area contributed by atoms with Gasteiger partial charge in [-0.15, -0.1) is 0 Å². The minimum atomic E-state index is 0.115. The maximum atomic E-state index is 12.0. The minimum Gasteiger partial charge on any atom is -0.342 e. The molecule has 0 unspecified atom stereocenters. The molecule has 1 saturated heterocycles. The second-order valence-corrected chi connectivity index (χ2v) is 6.49. The molecule has 1 amide bonds. The maximum absolute atomic E-state index is 12.0. The fourth-order valence-electron chi connectivity index (χ4n) is 2.93. The number of hydrogen-bond donors (Lipinski definition) is 1. The quantitative estimate of drug-likeness (QED) is 0.923. The van der Waals surface area contributed by atoms with Crippen LogP contribution in [0.3, 0.4) is 0 Å². The lowest BCUT2D eigenvalue weighted by molar-refractivity contribution is -0.135. The number of likely N-dealkylation sites (tertiary alicyclic amines) is 1. The first-order valence-corrected chi connectivity index (χ1v) is 8.06. The molecule has 0 aromatic heterocycles. The molecule has 1 aliphatic rings. The van der Waals surface area contributed by atoms with E-state index in [0.717, 1.165) is 32.5 Å². The van der Waals surface area contributed by atoms with Gasteiger partial charge in [0.15, 0.2) is 0 Å². The maximum Gasteiger partial charge on any atom is 0.225 e. The van der Waals surface area contributed by atoms with E-state index in [-0.39, 0.29) is 5.92 Å². The normalized spacial score (nSPS) is 16.5. The van der Waals surface area contributed by atoms with Crippen molar-refractivity contribution in [2.45, 2.75) is 53.1 Å². The van der Waals surface area contributed by atoms with Crippen LogP contribution in [-0.2, 0) is 11.3 Å². The monoisotopic (exact) mass is 288 g/mol. The number of nitrogens with zero attached hydrogens (tertiary/aromatic N) is 1. The molecule has 116 valence electrons. The summed E-state index contributed by atoms with van der Waals surface area (Å²) in [5.74, 6) is 0.410. The van der Waals surface area contributed by atoms with Gasteiger partial charge < -0.3 is 10.2 Å². The van der Waals surface area contributed by atoms with Gasteiger partial charge in [0.05, 0.1) is 0 Å². The van der Waals surface area contributed by atoms with Crippen LogP contribution in [0.15, 0.2) is 18.2 Å². The molecular formula is C18H28N2O. The van der Waals surface area contributed by atoms with Crippen LogP contribution >= 0.6 is 0 Å². The Labute approximate surface area is 128 Å². The molecule has 1 heterocycles. The standard InChI is InChI=1S/C18H28N2O/c1-13(2)18(21)20-10-8-17(9-11-20)19-12-16-7-5-6-14(3)15(16)4/h5-7,13,17,19H,8-12H2,1-4H3. The number of aryl methyl sites for hydroxylation is 1. The van der Waals surface area contributed by atoms with Crippen molar-refractivity contribution >= 4 is 5.91 Å². The van der Waals surface area contributed by atoms with Crippen LogP contribution < -0.4 is 5.32 Å². The summed E-state index contributed by atoms with van der Waals surface area (Å²) in [4.78, 5) is 14.0. The molecular weight excluding hydrogens is 260 g/mol. The third kappa shape index (κ3) is 4.07. The molecule has 2 rings (SSSR count). The van der Waals surface area contributed by atoms with Gasteiger partial charge in [0.2, 0.25) is 5.91 Å². The number of nitrogens with one attached hydrogen (secondary N) is 1. The van der Waals surface area contributed by atoms with Gasteiger partial charge in [0, 0.05) is 31.6 Å². The SMILES string of the molecule is Cc1cccc(CNC2CCN(C(=O)C(C)C)CC2)c1C. The van der Waals surface area contributed by atoms with E-state index in [1.54, 1.807) is 0 Å². The fraction of sp³-hybridized carbons (Fsp3) is 0.611. The second-order valence-electron chi connectivity index (χ2n) is 6.49. The van der Waals surface area contributed by atoms with Crippen molar-refractivity contribution in [3.8, 4) is 0 Å². The first kappa shape index (κ1) is 16.0. The predicted molar refractivity (Wildman–Crippen MR) is 87.2 cm³/mol. The lowest BCUT2D eigenvalue weighted by Gasteiger charge is -2.33. The molecule has 0 aliphatic carbocycles. The number of rotatable bonds is 4. The molecule has 21 heavy (non-hydrogen) atoms. The lowest BCUT2D eigenvalue weighted by Crippen LogP contribution is -2.46. The molecule has 0 bridgehead atoms. The summed E-state index contributed by atoms with van der Waals surface area (Å²) in [6, 6.07) is 7.02. The Balaban J connectivity index is 1.82. The molecule has 0 spiro atoms. The highest BCUT2D eigenvalue weighted by atomic mass is 16.2. The van der Waals surface area contributed by atoms with E-state index < -0.39 is 0 Å². The molecule has 1 aliphatic heterocycles. The number of benzene rings is 1. The Hall–Kier alpha value is -1.35. The summed E-state index contributed by atoms with van der Waals surface area (Å²) in [6.07, 6.45) is 2.12. The van der Waals surface area contributed by atoms with Crippen LogP contribution in [0.4, 0.5) is 0 Å². The molecule has 1 fully saturated rings. The van der Waals surface area contributed by atoms with Gasteiger partial charge in [-0.1, -0.05) is 32.0 Å². The van der Waals surface area contributed by atoms with E-state index in [4.69, 9.17) is 0 Å². The number of carbonyl (C=O) groups is 1. The summed E-state index contributed by atoms with van der Waals surface area (Å²) in [6.45, 7) is 11.0. The minimum absolute atomic E-state index is 0.115. The number of hydrogen-bond acceptors (Lipinski definition) is 2. The van der Waals surface area contributed by atoms with E-state index >= 15 is 0 Å². The molecule has 1 aromatic rings. The molecule has 0 radical (unpaired) electrons. The van der Waals surface area contributed by atoms with Gasteiger partial charge in [0.25, 0.3) is 0 Å². The average molecular weight is 288 g/mol. The molecule has 1 aromatic carbocycles.